The zero-order chi connectivity index (χ0) is 21.3. The molecular formula is C25H44O3S. The van der Waals surface area contributed by atoms with Crippen LogP contribution in [0.2, 0.25) is 0 Å². The maximum Gasteiger partial charge on any atom is 0.303 e. The van der Waals surface area contributed by atoms with Gasteiger partial charge in [-0.25, -0.2) is 0 Å². The number of thioether (sulfide) groups is 1. The summed E-state index contributed by atoms with van der Waals surface area (Å²) in [5.41, 5.74) is 1.69. The average Bonchev–Trinajstić information content (AvgIpc) is 3.08. The number of unbranched alkanes of at least 4 members (excludes halogenated alkanes) is 4. The van der Waals surface area contributed by atoms with Crippen LogP contribution >= 0.6 is 11.8 Å². The van der Waals surface area contributed by atoms with Crippen molar-refractivity contribution in [3.05, 3.63) is 22.6 Å². The second-order valence-corrected chi connectivity index (χ2v) is 9.74. The second-order valence-electron chi connectivity index (χ2n) is 8.60. The van der Waals surface area contributed by atoms with Gasteiger partial charge in [-0.1, -0.05) is 50.8 Å². The smallest absolute Gasteiger partial charge is 0.303 e. The Morgan fingerprint density at radius 1 is 1.17 bits per heavy atom. The number of aliphatic hydroxyl groups is 1. The van der Waals surface area contributed by atoms with Crippen LogP contribution < -0.4 is 0 Å². The summed E-state index contributed by atoms with van der Waals surface area (Å²) < 4.78 is 0. The van der Waals surface area contributed by atoms with Crippen LogP contribution in [-0.2, 0) is 4.79 Å². The normalized spacial score (nSPS) is 18.1. The van der Waals surface area contributed by atoms with E-state index in [2.05, 4.69) is 26.0 Å². The Bertz CT molecular complexity index is 498. The molecule has 3 nitrogen and oxygen atoms in total. The molecule has 0 aromatic carbocycles. The van der Waals surface area contributed by atoms with Crippen molar-refractivity contribution in [3.63, 3.8) is 0 Å². The molecule has 0 bridgehead atoms. The lowest BCUT2D eigenvalue weighted by atomic mass is 9.99. The summed E-state index contributed by atoms with van der Waals surface area (Å²) in [6.45, 7) is 4.87. The monoisotopic (exact) mass is 424 g/mol. The Hall–Kier alpha value is -0.740. The number of aliphatic hydroxyl groups excluding tert-OH is 1. The summed E-state index contributed by atoms with van der Waals surface area (Å²) in [6, 6.07) is 0. The van der Waals surface area contributed by atoms with Crippen LogP contribution in [-0.4, -0.2) is 28.5 Å². The highest BCUT2D eigenvalue weighted by molar-refractivity contribution is 8.03. The minimum Gasteiger partial charge on any atom is -0.481 e. The standard InChI is InChI=1S/C25H44O3S/c1-3-4-6-14-22-17-18-23(15-9-8-12-21(2)13-11-19-26)25(22)29-20-10-5-7-16-24(27)28/h9,15,21,23,26H,3-8,10-14,16-20H2,1-2H3,(H,27,28)/b15-9+. The summed E-state index contributed by atoms with van der Waals surface area (Å²) in [4.78, 5) is 12.3. The van der Waals surface area contributed by atoms with Crippen molar-refractivity contribution in [1.82, 2.24) is 0 Å². The van der Waals surface area contributed by atoms with Crippen LogP contribution in [0.3, 0.4) is 0 Å². The Morgan fingerprint density at radius 3 is 2.72 bits per heavy atom. The first-order valence-electron chi connectivity index (χ1n) is 11.9. The topological polar surface area (TPSA) is 57.5 Å². The number of carboxylic acid groups (broad SMARTS) is 1. The van der Waals surface area contributed by atoms with Crippen LogP contribution in [0.15, 0.2) is 22.6 Å². The van der Waals surface area contributed by atoms with Gasteiger partial charge in [0.05, 0.1) is 0 Å². The third-order valence-electron chi connectivity index (χ3n) is 5.87. The molecule has 0 amide bonds. The van der Waals surface area contributed by atoms with E-state index < -0.39 is 5.97 Å². The zero-order valence-corrected chi connectivity index (χ0v) is 19.7. The van der Waals surface area contributed by atoms with Crippen molar-refractivity contribution >= 4 is 17.7 Å². The molecule has 0 aromatic rings. The van der Waals surface area contributed by atoms with E-state index >= 15 is 0 Å². The quantitative estimate of drug-likeness (QED) is 0.178. The molecule has 168 valence electrons. The highest BCUT2D eigenvalue weighted by Crippen LogP contribution is 2.42. The molecule has 0 aromatic heterocycles. The molecule has 0 radical (unpaired) electrons. The molecule has 1 aliphatic carbocycles. The van der Waals surface area contributed by atoms with E-state index in [0.29, 0.717) is 24.9 Å². The van der Waals surface area contributed by atoms with Gasteiger partial charge in [-0.15, -0.1) is 11.8 Å². The predicted octanol–water partition coefficient (Wildman–Crippen LogP) is 7.35. The molecule has 2 N–H and O–H groups in total. The van der Waals surface area contributed by atoms with Crippen LogP contribution in [0.5, 0.6) is 0 Å². The maximum atomic E-state index is 10.6. The molecule has 2 unspecified atom stereocenters. The van der Waals surface area contributed by atoms with Gasteiger partial charge >= 0.3 is 5.97 Å². The molecule has 2 atom stereocenters. The minimum absolute atomic E-state index is 0.303. The number of rotatable bonds is 18. The summed E-state index contributed by atoms with van der Waals surface area (Å²) in [5.74, 6) is 1.73. The first kappa shape index (κ1) is 26.3. The van der Waals surface area contributed by atoms with Gasteiger partial charge in [0.2, 0.25) is 0 Å². The number of aliphatic carboxylic acids is 1. The van der Waals surface area contributed by atoms with Crippen LogP contribution in [0, 0.1) is 11.8 Å². The maximum absolute atomic E-state index is 10.6. The lowest BCUT2D eigenvalue weighted by Gasteiger charge is -2.13. The highest BCUT2D eigenvalue weighted by Gasteiger charge is 2.23. The van der Waals surface area contributed by atoms with E-state index in [1.165, 1.54) is 44.9 Å². The van der Waals surface area contributed by atoms with Gasteiger partial charge in [-0.05, 0) is 80.8 Å². The number of hydrogen-bond acceptors (Lipinski definition) is 3. The average molecular weight is 425 g/mol. The number of carboxylic acids is 1. The third-order valence-corrected chi connectivity index (χ3v) is 7.26. The van der Waals surface area contributed by atoms with Gasteiger partial charge in [0.1, 0.15) is 0 Å². The van der Waals surface area contributed by atoms with Gasteiger partial charge in [0, 0.05) is 18.9 Å². The molecule has 1 rings (SSSR count). The Morgan fingerprint density at radius 2 is 2.00 bits per heavy atom. The molecule has 1 aliphatic rings. The number of carbonyl (C=O) groups is 1. The Labute approximate surface area is 183 Å². The molecule has 0 spiro atoms. The lowest BCUT2D eigenvalue weighted by molar-refractivity contribution is -0.137. The first-order chi connectivity index (χ1) is 14.1. The molecule has 0 saturated heterocycles. The lowest BCUT2D eigenvalue weighted by Crippen LogP contribution is -1.97. The van der Waals surface area contributed by atoms with E-state index in [1.54, 1.807) is 10.5 Å². The van der Waals surface area contributed by atoms with E-state index in [-0.39, 0.29) is 0 Å². The molecule has 0 fully saturated rings. The van der Waals surface area contributed by atoms with Crippen molar-refractivity contribution in [1.29, 1.82) is 0 Å². The predicted molar refractivity (Wildman–Crippen MR) is 126 cm³/mol. The molecular weight excluding hydrogens is 380 g/mol. The van der Waals surface area contributed by atoms with Gasteiger partial charge < -0.3 is 10.2 Å². The summed E-state index contributed by atoms with van der Waals surface area (Å²) in [7, 11) is 0. The summed E-state index contributed by atoms with van der Waals surface area (Å²) >= 11 is 2.05. The van der Waals surface area contributed by atoms with Crippen molar-refractivity contribution in [2.75, 3.05) is 12.4 Å². The van der Waals surface area contributed by atoms with E-state index in [9.17, 15) is 4.79 Å². The van der Waals surface area contributed by atoms with E-state index in [4.69, 9.17) is 10.2 Å². The molecule has 0 saturated carbocycles. The fraction of sp³-hybridized carbons (Fsp3) is 0.800. The minimum atomic E-state index is -0.676. The summed E-state index contributed by atoms with van der Waals surface area (Å²) in [6.07, 6.45) is 20.2. The number of hydrogen-bond donors (Lipinski definition) is 2. The first-order valence-corrected chi connectivity index (χ1v) is 12.9. The van der Waals surface area contributed by atoms with Crippen molar-refractivity contribution in [3.8, 4) is 0 Å². The van der Waals surface area contributed by atoms with Crippen LogP contribution in [0.25, 0.3) is 0 Å². The second kappa shape index (κ2) is 17.0. The van der Waals surface area contributed by atoms with E-state index in [0.717, 1.165) is 44.3 Å². The molecule has 4 heteroatoms. The van der Waals surface area contributed by atoms with Crippen LogP contribution in [0.1, 0.15) is 104 Å². The Balaban J connectivity index is 2.48. The fourth-order valence-corrected chi connectivity index (χ4v) is 5.43. The highest BCUT2D eigenvalue weighted by atomic mass is 32.2. The molecule has 0 heterocycles. The van der Waals surface area contributed by atoms with Crippen molar-refractivity contribution in [2.45, 2.75) is 104 Å². The molecule has 29 heavy (non-hydrogen) atoms. The van der Waals surface area contributed by atoms with Crippen molar-refractivity contribution in [2.24, 2.45) is 11.8 Å². The Kier molecular flexibility index (Phi) is 15.4. The van der Waals surface area contributed by atoms with Gasteiger partial charge in [0.15, 0.2) is 0 Å². The number of allylic oxidation sites excluding steroid dienone is 4. The SMILES string of the molecule is CCCCCC1=C(SCCCCCC(=O)O)C(/C=C/CCC(C)CCCO)CC1. The largest absolute Gasteiger partial charge is 0.481 e. The van der Waals surface area contributed by atoms with Crippen molar-refractivity contribution < 1.29 is 15.0 Å². The van der Waals surface area contributed by atoms with Gasteiger partial charge in [0.25, 0.3) is 0 Å². The van der Waals surface area contributed by atoms with Crippen LogP contribution in [0.4, 0.5) is 0 Å². The summed E-state index contributed by atoms with van der Waals surface area (Å²) in [5, 5.41) is 17.7. The van der Waals surface area contributed by atoms with Gasteiger partial charge in [-0.2, -0.15) is 0 Å². The molecule has 0 aliphatic heterocycles. The van der Waals surface area contributed by atoms with E-state index in [1.807, 2.05) is 11.8 Å². The van der Waals surface area contributed by atoms with Gasteiger partial charge in [-0.3, -0.25) is 4.79 Å². The fourth-order valence-electron chi connectivity index (χ4n) is 4.04. The third kappa shape index (κ3) is 12.5. The zero-order valence-electron chi connectivity index (χ0n) is 18.8.